The lowest BCUT2D eigenvalue weighted by Crippen LogP contribution is -2.40. The Kier molecular flexibility index (Phi) is 10.3. The summed E-state index contributed by atoms with van der Waals surface area (Å²) in [5.41, 5.74) is 1.32. The van der Waals surface area contributed by atoms with E-state index in [0.717, 1.165) is 56.5 Å². The van der Waals surface area contributed by atoms with Gasteiger partial charge in [-0.05, 0) is 43.4 Å². The summed E-state index contributed by atoms with van der Waals surface area (Å²) < 4.78 is 12.9. The molecule has 1 aliphatic rings. The van der Waals surface area contributed by atoms with Crippen LogP contribution in [0.4, 0.5) is 0 Å². The van der Waals surface area contributed by atoms with Crippen LogP contribution in [0.15, 0.2) is 41.7 Å². The minimum atomic E-state index is 0. The summed E-state index contributed by atoms with van der Waals surface area (Å²) in [6.45, 7) is 6.47. The van der Waals surface area contributed by atoms with Crippen LogP contribution in [0, 0.1) is 5.92 Å². The lowest BCUT2D eigenvalue weighted by molar-refractivity contribution is 0.310. The van der Waals surface area contributed by atoms with Crippen LogP contribution < -0.4 is 14.8 Å². The van der Waals surface area contributed by atoms with Crippen molar-refractivity contribution in [1.29, 1.82) is 0 Å². The Hall–Kier alpha value is -1.97. The maximum absolute atomic E-state index is 5.81. The summed E-state index contributed by atoms with van der Waals surface area (Å²) in [6, 6.07) is 7.70. The molecular weight excluding hydrogens is 493 g/mol. The molecule has 1 aromatic heterocycles. The number of ether oxygens (including phenoxy) is 2. The number of methoxy groups -OCH3 is 1. The fraction of sp³-hybridized carbons (Fsp3) is 0.545. The van der Waals surface area contributed by atoms with Crippen LogP contribution in [-0.4, -0.2) is 60.5 Å². The summed E-state index contributed by atoms with van der Waals surface area (Å²) in [5, 5.41) is 7.72. The summed E-state index contributed by atoms with van der Waals surface area (Å²) in [4.78, 5) is 7.20. The molecule has 8 heteroatoms. The monoisotopic (exact) mass is 527 g/mol. The minimum absolute atomic E-state index is 0. The van der Waals surface area contributed by atoms with Gasteiger partial charge in [-0.3, -0.25) is 9.67 Å². The molecule has 1 saturated heterocycles. The lowest BCUT2D eigenvalue weighted by Gasteiger charge is -2.21. The quantitative estimate of drug-likeness (QED) is 0.235. The highest BCUT2D eigenvalue weighted by Crippen LogP contribution is 2.21. The van der Waals surface area contributed by atoms with E-state index in [1.54, 1.807) is 7.11 Å². The van der Waals surface area contributed by atoms with Gasteiger partial charge in [-0.1, -0.05) is 6.07 Å². The van der Waals surface area contributed by atoms with Crippen molar-refractivity contribution >= 4 is 29.9 Å². The van der Waals surface area contributed by atoms with Crippen molar-refractivity contribution in [3.63, 3.8) is 0 Å². The van der Waals surface area contributed by atoms with Gasteiger partial charge in [0.15, 0.2) is 5.96 Å². The topological polar surface area (TPSA) is 63.9 Å². The molecule has 1 unspecified atom stereocenters. The van der Waals surface area contributed by atoms with Crippen molar-refractivity contribution < 1.29 is 9.47 Å². The van der Waals surface area contributed by atoms with E-state index in [9.17, 15) is 0 Å². The zero-order valence-electron chi connectivity index (χ0n) is 18.2. The molecule has 166 valence electrons. The Morgan fingerprint density at radius 1 is 1.33 bits per heavy atom. The van der Waals surface area contributed by atoms with E-state index in [0.29, 0.717) is 12.5 Å². The molecule has 1 fully saturated rings. The van der Waals surface area contributed by atoms with E-state index in [-0.39, 0.29) is 24.0 Å². The molecule has 0 aliphatic carbocycles. The predicted octanol–water partition coefficient (Wildman–Crippen LogP) is 3.35. The zero-order valence-corrected chi connectivity index (χ0v) is 20.5. The fourth-order valence-corrected chi connectivity index (χ4v) is 3.66. The molecule has 1 aliphatic heterocycles. The van der Waals surface area contributed by atoms with Crippen LogP contribution in [0.1, 0.15) is 25.3 Å². The number of halogens is 1. The number of hydrogen-bond acceptors (Lipinski definition) is 4. The first-order chi connectivity index (χ1) is 14.2. The zero-order chi connectivity index (χ0) is 20.5. The number of guanidine groups is 1. The van der Waals surface area contributed by atoms with E-state index < -0.39 is 0 Å². The molecule has 0 radical (unpaired) electrons. The third kappa shape index (κ3) is 7.37. The third-order valence-corrected chi connectivity index (χ3v) is 5.08. The second-order valence-electron chi connectivity index (χ2n) is 7.44. The second-order valence-corrected chi connectivity index (χ2v) is 7.44. The molecule has 0 bridgehead atoms. The van der Waals surface area contributed by atoms with Crippen molar-refractivity contribution in [1.82, 2.24) is 20.0 Å². The highest BCUT2D eigenvalue weighted by molar-refractivity contribution is 14.0. The molecule has 2 aromatic rings. The molecule has 2 heterocycles. The van der Waals surface area contributed by atoms with Crippen LogP contribution in [0.3, 0.4) is 0 Å². The minimum Gasteiger partial charge on any atom is -0.497 e. The Morgan fingerprint density at radius 2 is 2.17 bits per heavy atom. The SMILES string of the molecule is CCNC(=NCCCOc1cccc(OC)c1)N1CCC(Cc2cnn(C)c2)C1.I. The van der Waals surface area contributed by atoms with E-state index >= 15 is 0 Å². The van der Waals surface area contributed by atoms with Gasteiger partial charge in [0.25, 0.3) is 0 Å². The number of aromatic nitrogens is 2. The first-order valence-electron chi connectivity index (χ1n) is 10.5. The van der Waals surface area contributed by atoms with Gasteiger partial charge in [-0.15, -0.1) is 24.0 Å². The Labute approximate surface area is 196 Å². The molecule has 7 nitrogen and oxygen atoms in total. The molecule has 0 saturated carbocycles. The third-order valence-electron chi connectivity index (χ3n) is 5.08. The van der Waals surface area contributed by atoms with Crippen LogP contribution in [-0.2, 0) is 13.5 Å². The molecule has 3 rings (SSSR count). The first-order valence-corrected chi connectivity index (χ1v) is 10.5. The Balaban J connectivity index is 0.00000320. The van der Waals surface area contributed by atoms with Gasteiger partial charge >= 0.3 is 0 Å². The standard InChI is InChI=1S/C22H33N5O2.HI/c1-4-23-22(24-10-6-12-29-21-8-5-7-20(14-21)28-3)27-11-9-18(17-27)13-19-15-25-26(2)16-19;/h5,7-8,14-16,18H,4,6,9-13,17H2,1-3H3,(H,23,24);1H. The molecule has 0 amide bonds. The number of aliphatic imine (C=N–C) groups is 1. The number of aryl methyl sites for hydroxylation is 1. The number of rotatable bonds is 9. The van der Waals surface area contributed by atoms with Gasteiger partial charge in [-0.2, -0.15) is 5.10 Å². The highest BCUT2D eigenvalue weighted by Gasteiger charge is 2.25. The molecule has 1 atom stereocenters. The van der Waals surface area contributed by atoms with Crippen molar-refractivity contribution in [2.45, 2.75) is 26.2 Å². The van der Waals surface area contributed by atoms with Crippen LogP contribution in [0.2, 0.25) is 0 Å². The first kappa shape index (κ1) is 24.3. The number of benzene rings is 1. The number of likely N-dealkylation sites (tertiary alicyclic amines) is 1. The molecule has 30 heavy (non-hydrogen) atoms. The maximum atomic E-state index is 5.81. The normalized spacial score (nSPS) is 16.3. The average Bonchev–Trinajstić information content (AvgIpc) is 3.36. The van der Waals surface area contributed by atoms with E-state index in [4.69, 9.17) is 14.5 Å². The van der Waals surface area contributed by atoms with Gasteiger partial charge in [0, 0.05) is 51.9 Å². The van der Waals surface area contributed by atoms with Crippen LogP contribution in [0.25, 0.3) is 0 Å². The predicted molar refractivity (Wildman–Crippen MR) is 131 cm³/mol. The molecule has 0 spiro atoms. The Morgan fingerprint density at radius 3 is 2.90 bits per heavy atom. The van der Waals surface area contributed by atoms with E-state index in [1.165, 1.54) is 12.0 Å². The van der Waals surface area contributed by atoms with Gasteiger partial charge in [0.2, 0.25) is 0 Å². The number of nitrogens with one attached hydrogen (secondary N) is 1. The lowest BCUT2D eigenvalue weighted by atomic mass is 10.0. The average molecular weight is 527 g/mol. The summed E-state index contributed by atoms with van der Waals surface area (Å²) in [7, 11) is 3.63. The van der Waals surface area contributed by atoms with Gasteiger partial charge < -0.3 is 19.7 Å². The molecule has 1 aromatic carbocycles. The summed E-state index contributed by atoms with van der Waals surface area (Å²) in [5.74, 6) is 3.31. The highest BCUT2D eigenvalue weighted by atomic mass is 127. The maximum Gasteiger partial charge on any atom is 0.193 e. The van der Waals surface area contributed by atoms with Crippen molar-refractivity contribution in [2.24, 2.45) is 18.0 Å². The number of hydrogen-bond donors (Lipinski definition) is 1. The van der Waals surface area contributed by atoms with Crippen molar-refractivity contribution in [3.8, 4) is 11.5 Å². The Bertz CT molecular complexity index is 795. The number of nitrogens with zero attached hydrogens (tertiary/aromatic N) is 4. The van der Waals surface area contributed by atoms with Crippen LogP contribution >= 0.6 is 24.0 Å². The second kappa shape index (κ2) is 12.7. The van der Waals surface area contributed by atoms with E-state index in [1.807, 2.05) is 42.2 Å². The van der Waals surface area contributed by atoms with Crippen LogP contribution in [0.5, 0.6) is 11.5 Å². The van der Waals surface area contributed by atoms with Gasteiger partial charge in [-0.25, -0.2) is 0 Å². The molecular formula is C22H34IN5O2. The van der Waals surface area contributed by atoms with Gasteiger partial charge in [0.05, 0.1) is 19.9 Å². The summed E-state index contributed by atoms with van der Waals surface area (Å²) in [6.07, 6.45) is 7.24. The van der Waals surface area contributed by atoms with Crippen molar-refractivity contribution in [2.75, 3.05) is 39.9 Å². The van der Waals surface area contributed by atoms with E-state index in [2.05, 4.69) is 28.4 Å². The fourth-order valence-electron chi connectivity index (χ4n) is 3.66. The molecule has 1 N–H and O–H groups in total. The van der Waals surface area contributed by atoms with Crippen molar-refractivity contribution in [3.05, 3.63) is 42.2 Å². The summed E-state index contributed by atoms with van der Waals surface area (Å²) >= 11 is 0. The largest absolute Gasteiger partial charge is 0.497 e. The van der Waals surface area contributed by atoms with Gasteiger partial charge in [0.1, 0.15) is 11.5 Å². The smallest absolute Gasteiger partial charge is 0.193 e.